The lowest BCUT2D eigenvalue weighted by Gasteiger charge is -2.32. The van der Waals surface area contributed by atoms with E-state index in [0.717, 1.165) is 63.6 Å². The fourth-order valence-corrected chi connectivity index (χ4v) is 6.73. The van der Waals surface area contributed by atoms with E-state index in [1.54, 1.807) is 17.1 Å². The lowest BCUT2D eigenvalue weighted by Crippen LogP contribution is -2.36. The van der Waals surface area contributed by atoms with Crippen LogP contribution in [-0.2, 0) is 4.74 Å². The quantitative estimate of drug-likeness (QED) is 0.361. The van der Waals surface area contributed by atoms with Crippen LogP contribution in [0.1, 0.15) is 73.5 Å². The smallest absolute Gasteiger partial charge is 0.284 e. The van der Waals surface area contributed by atoms with Gasteiger partial charge in [-0.15, -0.1) is 0 Å². The number of nitrogens with one attached hydrogen (secondary N) is 2. The monoisotopic (exact) mass is 599 g/mol. The maximum absolute atomic E-state index is 14.0. The number of halogens is 2. The third-order valence-corrected chi connectivity index (χ3v) is 9.29. The Morgan fingerprint density at radius 3 is 2.65 bits per heavy atom. The predicted molar refractivity (Wildman–Crippen MR) is 160 cm³/mol. The van der Waals surface area contributed by atoms with Crippen LogP contribution in [0.25, 0.3) is 5.65 Å². The molecular weight excluding hydrogens is 556 g/mol. The molecule has 3 aromatic heterocycles. The van der Waals surface area contributed by atoms with Crippen LogP contribution < -0.4 is 15.5 Å². The van der Waals surface area contributed by atoms with Gasteiger partial charge in [-0.05, 0) is 89.5 Å². The van der Waals surface area contributed by atoms with Gasteiger partial charge in [0.05, 0.1) is 31.1 Å². The third-order valence-electron chi connectivity index (χ3n) is 9.29. The van der Waals surface area contributed by atoms with E-state index in [9.17, 15) is 13.6 Å². The Bertz CT molecular complexity index is 1360. The molecule has 6 rings (SSSR count). The minimum Gasteiger partial charge on any atom is -0.378 e. The summed E-state index contributed by atoms with van der Waals surface area (Å²) >= 11 is 0. The largest absolute Gasteiger partial charge is 0.378 e. The number of piperidine rings is 1. The van der Waals surface area contributed by atoms with Gasteiger partial charge in [0.15, 0.2) is 11.3 Å². The Kier molecular flexibility index (Phi) is 9.49. The number of alkyl halides is 2. The molecule has 2 aliphatic heterocycles. The Morgan fingerprint density at radius 2 is 1.91 bits per heavy atom. The van der Waals surface area contributed by atoms with Crippen molar-refractivity contribution in [1.29, 1.82) is 0 Å². The molecule has 13 heteroatoms. The first-order valence-corrected chi connectivity index (χ1v) is 15.7. The van der Waals surface area contributed by atoms with Gasteiger partial charge in [0.25, 0.3) is 12.3 Å². The van der Waals surface area contributed by atoms with Crippen molar-refractivity contribution < 1.29 is 18.3 Å². The number of anilines is 2. The molecule has 2 N–H and O–H groups in total. The first-order valence-electron chi connectivity index (χ1n) is 15.7. The number of carbonyl (C=O) groups is 1. The summed E-state index contributed by atoms with van der Waals surface area (Å²) < 4.78 is 36.7. The molecular formula is C30H43F2N9O2. The molecule has 3 fully saturated rings. The number of carbonyl (C=O) groups excluding carboxylic acids is 1. The molecule has 1 amide bonds. The van der Waals surface area contributed by atoms with E-state index in [2.05, 4.69) is 42.7 Å². The Morgan fingerprint density at radius 1 is 1.14 bits per heavy atom. The number of hydrogen-bond acceptors (Lipinski definition) is 8. The molecule has 0 atom stereocenters. The number of rotatable bonds is 10. The molecule has 11 nitrogen and oxygen atoms in total. The summed E-state index contributed by atoms with van der Waals surface area (Å²) in [6.45, 7) is 7.09. The zero-order valence-corrected chi connectivity index (χ0v) is 24.9. The zero-order chi connectivity index (χ0) is 29.8. The van der Waals surface area contributed by atoms with Crippen molar-refractivity contribution >= 4 is 23.1 Å². The van der Waals surface area contributed by atoms with E-state index in [0.29, 0.717) is 37.9 Å². The number of ether oxygens (including phenoxy) is 1. The van der Waals surface area contributed by atoms with E-state index in [4.69, 9.17) is 4.74 Å². The topological polar surface area (TPSA) is 105 Å². The number of hydrogen-bond donors (Lipinski definition) is 2. The number of fused-ring (bicyclic) bond motifs is 1. The van der Waals surface area contributed by atoms with Gasteiger partial charge in [-0.3, -0.25) is 9.48 Å². The average Bonchev–Trinajstić information content (AvgIpc) is 3.66. The second-order valence-corrected chi connectivity index (χ2v) is 12.3. The van der Waals surface area contributed by atoms with E-state index < -0.39 is 18.0 Å². The highest BCUT2D eigenvalue weighted by molar-refractivity contribution is 6.08. The van der Waals surface area contributed by atoms with Crippen molar-refractivity contribution in [3.8, 4) is 0 Å². The van der Waals surface area contributed by atoms with E-state index >= 15 is 0 Å². The summed E-state index contributed by atoms with van der Waals surface area (Å²) in [7, 11) is 2.22. The summed E-state index contributed by atoms with van der Waals surface area (Å²) in [5.41, 5.74) is 0.203. The lowest BCUT2D eigenvalue weighted by atomic mass is 9.85. The Hall–Kier alpha value is -3.16. The lowest BCUT2D eigenvalue weighted by molar-refractivity contribution is 0.102. The van der Waals surface area contributed by atoms with Gasteiger partial charge < -0.3 is 25.2 Å². The number of morpholine rings is 1. The highest BCUT2D eigenvalue weighted by Gasteiger charge is 2.28. The molecule has 3 aliphatic rings. The summed E-state index contributed by atoms with van der Waals surface area (Å²) in [5, 5.41) is 14.6. The molecule has 0 spiro atoms. The van der Waals surface area contributed by atoms with Crippen LogP contribution in [0.15, 0.2) is 24.7 Å². The molecule has 2 saturated heterocycles. The summed E-state index contributed by atoms with van der Waals surface area (Å²) in [4.78, 5) is 22.5. The minimum absolute atomic E-state index is 0.0310. The predicted octanol–water partition coefficient (Wildman–Crippen LogP) is 4.01. The van der Waals surface area contributed by atoms with Gasteiger partial charge in [0, 0.05) is 32.0 Å². The maximum Gasteiger partial charge on any atom is 0.284 e. The fourth-order valence-electron chi connectivity index (χ4n) is 6.73. The number of nitrogens with zero attached hydrogens (tertiary/aromatic N) is 7. The van der Waals surface area contributed by atoms with Gasteiger partial charge in [-0.1, -0.05) is 0 Å². The van der Waals surface area contributed by atoms with Crippen molar-refractivity contribution in [3.05, 3.63) is 35.9 Å². The normalized spacial score (nSPS) is 22.1. The number of amides is 1. The first-order chi connectivity index (χ1) is 20.9. The molecule has 5 heterocycles. The van der Waals surface area contributed by atoms with Crippen LogP contribution in [-0.4, -0.2) is 94.7 Å². The highest BCUT2D eigenvalue weighted by Crippen LogP contribution is 2.35. The van der Waals surface area contributed by atoms with Crippen molar-refractivity contribution in [2.75, 3.05) is 69.7 Å². The molecule has 234 valence electrons. The van der Waals surface area contributed by atoms with Crippen molar-refractivity contribution in [2.24, 2.45) is 11.8 Å². The highest BCUT2D eigenvalue weighted by atomic mass is 19.3. The first kappa shape index (κ1) is 29.9. The second-order valence-electron chi connectivity index (χ2n) is 12.3. The van der Waals surface area contributed by atoms with E-state index in [1.807, 2.05) is 6.07 Å². The van der Waals surface area contributed by atoms with E-state index in [-0.39, 0.29) is 17.3 Å². The summed E-state index contributed by atoms with van der Waals surface area (Å²) in [5.74, 6) is 1.60. The van der Waals surface area contributed by atoms with Gasteiger partial charge in [0.1, 0.15) is 11.4 Å². The standard InChI is InChI=1S/C30H43F2N9O2/c1-38(12-8-21-6-10-33-11-7-21)19-22-2-4-23(5-3-22)41-20-25(27(37-41)28(31)32)35-30(42)24-18-34-40-13-9-26(36-29(24)40)39-14-16-43-17-15-39/h9,13,18,20-23,28,33H,2-8,10-12,14-17,19H2,1H3,(H,35,42). The third kappa shape index (κ3) is 7.15. The second kappa shape index (κ2) is 13.6. The van der Waals surface area contributed by atoms with Crippen LogP contribution in [0.3, 0.4) is 0 Å². The number of aromatic nitrogens is 5. The van der Waals surface area contributed by atoms with E-state index in [1.165, 1.54) is 30.0 Å². The van der Waals surface area contributed by atoms with Gasteiger partial charge in [0.2, 0.25) is 0 Å². The molecule has 0 unspecified atom stereocenters. The van der Waals surface area contributed by atoms with Gasteiger partial charge in [-0.2, -0.15) is 10.2 Å². The van der Waals surface area contributed by atoms with Gasteiger partial charge >= 0.3 is 0 Å². The van der Waals surface area contributed by atoms with Crippen molar-refractivity contribution in [2.45, 2.75) is 57.4 Å². The zero-order valence-electron chi connectivity index (χ0n) is 24.9. The molecule has 0 radical (unpaired) electrons. The fraction of sp³-hybridized carbons (Fsp3) is 0.667. The SMILES string of the molecule is CN(CCC1CCNCC1)CC1CCC(n2cc(NC(=O)c3cnn4ccc(N5CCOCC5)nc34)c(C(F)F)n2)CC1. The minimum atomic E-state index is -2.81. The van der Waals surface area contributed by atoms with Gasteiger partial charge in [-0.25, -0.2) is 18.3 Å². The van der Waals surface area contributed by atoms with Crippen LogP contribution in [0.4, 0.5) is 20.3 Å². The molecule has 3 aromatic rings. The van der Waals surface area contributed by atoms with Crippen LogP contribution in [0.2, 0.25) is 0 Å². The van der Waals surface area contributed by atoms with Crippen LogP contribution >= 0.6 is 0 Å². The van der Waals surface area contributed by atoms with Crippen LogP contribution in [0.5, 0.6) is 0 Å². The average molecular weight is 600 g/mol. The summed E-state index contributed by atoms with van der Waals surface area (Å²) in [6, 6.07) is 1.88. The summed E-state index contributed by atoms with van der Waals surface area (Å²) in [6.07, 6.45) is 9.56. The van der Waals surface area contributed by atoms with Crippen LogP contribution in [0, 0.1) is 11.8 Å². The molecule has 1 aliphatic carbocycles. The molecule has 43 heavy (non-hydrogen) atoms. The van der Waals surface area contributed by atoms with Crippen molar-refractivity contribution in [1.82, 2.24) is 34.6 Å². The maximum atomic E-state index is 14.0. The molecule has 0 aromatic carbocycles. The Balaban J connectivity index is 1.07. The Labute approximate surface area is 250 Å². The molecule has 1 saturated carbocycles. The van der Waals surface area contributed by atoms with Crippen molar-refractivity contribution in [3.63, 3.8) is 0 Å². The molecule has 0 bridgehead atoms.